The Morgan fingerprint density at radius 2 is 0.784 bits per heavy atom. The van der Waals surface area contributed by atoms with Crippen molar-refractivity contribution in [1.82, 2.24) is 85.7 Å². The van der Waals surface area contributed by atoms with Gasteiger partial charge in [0.2, 0.25) is 17.7 Å². The van der Waals surface area contributed by atoms with Gasteiger partial charge in [-0.25, -0.2) is 18.7 Å². The summed E-state index contributed by atoms with van der Waals surface area (Å²) in [7, 11) is 0. The quantitative estimate of drug-likeness (QED) is 0.0183. The Morgan fingerprint density at radius 1 is 0.432 bits per heavy atom. The number of hydrogen-bond acceptors (Lipinski definition) is 37. The van der Waals surface area contributed by atoms with Gasteiger partial charge in [0.25, 0.3) is 0 Å². The number of aliphatic hydroxyl groups is 12. The minimum absolute atomic E-state index is 0.00424. The largest absolute Gasteiger partial charge is 0.480 e. The maximum atomic E-state index is 13.5. The summed E-state index contributed by atoms with van der Waals surface area (Å²) < 4.78 is 69.6. The van der Waals surface area contributed by atoms with Crippen LogP contribution in [0.15, 0.2) is 24.8 Å². The number of carbonyl (C=O) groups is 4. The zero-order valence-electron chi connectivity index (χ0n) is 62.6. The van der Waals surface area contributed by atoms with Gasteiger partial charge in [0, 0.05) is 84.3 Å². The third-order valence-electron chi connectivity index (χ3n) is 19.0. The SMILES string of the molecule is CC(=O)N[C@@H]1[C@@H](O)[C@@H](O)[C@@H](CO)O[C@H]1CCCOCCn1cc(CN(CCCC[C@@H](C(=O)O)N(Cc2cn(CCOCCO[C@@H]3O[C@H](CO)[C@H](O)[C@H](O)[C@H]3C)nn2)Cc2cn(CCOCCO[C@@H]3O[C@H](CO)[C@H](O)[C@H](O)[C@H]3NC(C)=O)nn2)Cc2cn(CCOCCO[C@@H]3O[C@H](CO)[C@H](O)[C@H](O)[C@H]3NC(C)=O)nn2)nn1. The molecule has 45 nitrogen and oxygen atoms in total. The predicted molar refractivity (Wildman–Crippen MR) is 372 cm³/mol. The van der Waals surface area contributed by atoms with Crippen molar-refractivity contribution in [2.75, 3.05) is 106 Å². The van der Waals surface area contributed by atoms with Gasteiger partial charge in [-0.15, -0.1) is 20.4 Å². The van der Waals surface area contributed by atoms with Gasteiger partial charge in [-0.3, -0.25) is 29.0 Å². The van der Waals surface area contributed by atoms with E-state index in [9.17, 15) is 85.6 Å². The summed E-state index contributed by atoms with van der Waals surface area (Å²) in [6, 6.07) is -4.24. The molecule has 111 heavy (non-hydrogen) atoms. The topological polar surface area (TPSA) is 598 Å². The number of amides is 3. The second-order valence-electron chi connectivity index (χ2n) is 27.6. The summed E-state index contributed by atoms with van der Waals surface area (Å²) in [6.07, 6.45) is -10.8. The minimum Gasteiger partial charge on any atom is -0.480 e. The Labute approximate surface area is 638 Å². The Kier molecular flexibility index (Phi) is 37.4. The Balaban J connectivity index is 0.887. The number of nitrogens with one attached hydrogen (secondary N) is 3. The molecule has 4 aromatic rings. The molecule has 4 fully saturated rings. The number of aliphatic carboxylic acids is 1. The number of aromatic nitrogens is 12. The third kappa shape index (κ3) is 27.6. The molecule has 628 valence electrons. The molecule has 4 aliphatic rings. The monoisotopic (exact) mass is 1590 g/mol. The second-order valence-corrected chi connectivity index (χ2v) is 27.6. The van der Waals surface area contributed by atoms with Crippen LogP contribution in [-0.2, 0) is 124 Å². The lowest BCUT2D eigenvalue weighted by molar-refractivity contribution is -0.284. The molecule has 16 N–H and O–H groups in total. The molecule has 3 amide bonds. The minimum atomic E-state index is -1.49. The van der Waals surface area contributed by atoms with Crippen LogP contribution in [-0.4, -0.2) is 388 Å². The lowest BCUT2D eigenvalue weighted by Crippen LogP contribution is -2.64. The molecule has 0 aromatic carbocycles. The Bertz CT molecular complexity index is 3260. The van der Waals surface area contributed by atoms with E-state index in [0.29, 0.717) is 61.5 Å². The number of unbranched alkanes of at least 4 members (excludes halogenated alkanes) is 1. The molecule has 4 aromatic heterocycles. The van der Waals surface area contributed by atoms with Crippen LogP contribution in [0.1, 0.15) is 82.6 Å². The summed E-state index contributed by atoms with van der Waals surface area (Å²) in [5.74, 6) is -3.12. The van der Waals surface area contributed by atoms with Gasteiger partial charge in [-0.1, -0.05) is 34.2 Å². The van der Waals surface area contributed by atoms with Crippen LogP contribution in [0.25, 0.3) is 0 Å². The highest BCUT2D eigenvalue weighted by atomic mass is 16.7. The normalized spacial score (nSPS) is 28.7. The van der Waals surface area contributed by atoms with Gasteiger partial charge in [-0.05, 0) is 32.2 Å². The van der Waals surface area contributed by atoms with Crippen LogP contribution in [0, 0.1) is 5.92 Å². The molecule has 45 heteroatoms. The second kappa shape index (κ2) is 46.1. The molecule has 4 aliphatic heterocycles. The van der Waals surface area contributed by atoms with E-state index < -0.39 is 178 Å². The number of nitrogens with zero attached hydrogens (tertiary/aromatic N) is 14. The van der Waals surface area contributed by atoms with E-state index >= 15 is 0 Å². The lowest BCUT2D eigenvalue weighted by atomic mass is 9.90. The number of carboxylic acid groups (broad SMARTS) is 1. The van der Waals surface area contributed by atoms with Crippen molar-refractivity contribution >= 4 is 23.7 Å². The predicted octanol–water partition coefficient (Wildman–Crippen LogP) is -8.77. The maximum Gasteiger partial charge on any atom is 0.320 e. The number of hydrogen-bond donors (Lipinski definition) is 16. The molecule has 0 spiro atoms. The molecule has 4 saturated heterocycles. The van der Waals surface area contributed by atoms with E-state index in [0.717, 1.165) is 0 Å². The zero-order chi connectivity index (χ0) is 80.1. The van der Waals surface area contributed by atoms with Crippen LogP contribution in [0.3, 0.4) is 0 Å². The summed E-state index contributed by atoms with van der Waals surface area (Å²) >= 11 is 0. The maximum absolute atomic E-state index is 13.5. The zero-order valence-corrected chi connectivity index (χ0v) is 62.6. The number of carboxylic acids is 1. The van der Waals surface area contributed by atoms with Crippen molar-refractivity contribution in [3.8, 4) is 0 Å². The van der Waals surface area contributed by atoms with E-state index in [1.165, 1.54) is 25.5 Å². The van der Waals surface area contributed by atoms with E-state index in [4.69, 9.17) is 52.1 Å². The van der Waals surface area contributed by atoms with Crippen molar-refractivity contribution in [2.45, 2.75) is 235 Å². The van der Waals surface area contributed by atoms with E-state index in [1.807, 2.05) is 0 Å². The first-order chi connectivity index (χ1) is 53.4. The number of aliphatic hydroxyl groups excluding tert-OH is 12. The highest BCUT2D eigenvalue weighted by Gasteiger charge is 2.48. The molecule has 0 unspecified atom stereocenters. The molecule has 0 saturated carbocycles. The van der Waals surface area contributed by atoms with Crippen molar-refractivity contribution in [1.29, 1.82) is 0 Å². The van der Waals surface area contributed by atoms with Crippen molar-refractivity contribution in [3.05, 3.63) is 47.6 Å². The summed E-state index contributed by atoms with van der Waals surface area (Å²) in [5, 5.41) is 176. The van der Waals surface area contributed by atoms with Gasteiger partial charge in [0.1, 0.15) is 85.3 Å². The van der Waals surface area contributed by atoms with Crippen LogP contribution in [0.4, 0.5) is 0 Å². The molecule has 0 bridgehead atoms. The fourth-order valence-corrected chi connectivity index (χ4v) is 13.2. The van der Waals surface area contributed by atoms with Crippen molar-refractivity contribution < 1.29 is 138 Å². The van der Waals surface area contributed by atoms with Gasteiger partial charge in [0.15, 0.2) is 18.9 Å². The molecule has 0 radical (unpaired) electrons. The summed E-state index contributed by atoms with van der Waals surface area (Å²) in [4.78, 5) is 53.0. The van der Waals surface area contributed by atoms with Crippen LogP contribution in [0.2, 0.25) is 0 Å². The van der Waals surface area contributed by atoms with E-state index in [-0.39, 0.29) is 125 Å². The highest BCUT2D eigenvalue weighted by Crippen LogP contribution is 2.29. The fraction of sp³-hybridized carbons (Fsp3) is 0.818. The van der Waals surface area contributed by atoms with Gasteiger partial charge in [0.05, 0.1) is 160 Å². The van der Waals surface area contributed by atoms with Gasteiger partial charge < -0.3 is 134 Å². The molecular weight excluding hydrogens is 1480 g/mol. The van der Waals surface area contributed by atoms with Crippen LogP contribution < -0.4 is 16.0 Å². The Hall–Kier alpha value is -6.56. The van der Waals surface area contributed by atoms with Crippen LogP contribution in [0.5, 0.6) is 0 Å². The molecule has 8 rings (SSSR count). The summed E-state index contributed by atoms with van der Waals surface area (Å²) in [5.41, 5.74) is 2.03. The first kappa shape index (κ1) is 90.0. The summed E-state index contributed by atoms with van der Waals surface area (Å²) in [6.45, 7) is 6.35. The van der Waals surface area contributed by atoms with E-state index in [1.54, 1.807) is 50.7 Å². The Morgan fingerprint density at radius 3 is 1.18 bits per heavy atom. The third-order valence-corrected chi connectivity index (χ3v) is 19.0. The van der Waals surface area contributed by atoms with Crippen molar-refractivity contribution in [2.24, 2.45) is 5.92 Å². The first-order valence-electron chi connectivity index (χ1n) is 37.1. The standard InChI is InChI=1S/C66H111N17O28/c1-38-55(91)56(92)49(35-85)109-64(38)105-23-20-102-18-13-82-32-44(72-76-82)28-79(29-45-33-83(77-73-45)14-19-104-22-25-107-66-54(69-41(4)90)62(98)59(95)51(37-87)111-66)46(63(99)100)8-5-6-10-78(26-42-30-80(74-70-42)11-16-101-15-7-9-47-52(67-39(2)88)60(96)57(93)48(34-84)108-47)27-43-31-81(75-71-43)12-17-103-21-24-106-65-53(68-40(3)89)61(97)58(94)50(36-86)110-65/h30-33,38,46-62,64-66,84-87,91-98H,5-29,34-37H2,1-4H3,(H,67,88)(H,68,89)(H,69,90)(H,99,100)/t38-,46+,47+,48-,49-,50-,51-,52+,53-,54-,55-,56+,57+,58+,59+,60-,61-,62-,64-,65-,66-/m1/s1. The first-order valence-corrected chi connectivity index (χ1v) is 37.1. The fourth-order valence-electron chi connectivity index (χ4n) is 13.2. The molecule has 0 aliphatic carbocycles. The average molecular weight is 1590 g/mol. The highest BCUT2D eigenvalue weighted by molar-refractivity contribution is 5.74. The van der Waals surface area contributed by atoms with Crippen LogP contribution >= 0.6 is 0 Å². The van der Waals surface area contributed by atoms with Gasteiger partial charge >= 0.3 is 5.97 Å². The van der Waals surface area contributed by atoms with E-state index in [2.05, 4.69) is 62.1 Å². The lowest BCUT2D eigenvalue weighted by Gasteiger charge is -2.42. The smallest absolute Gasteiger partial charge is 0.320 e. The van der Waals surface area contributed by atoms with Crippen molar-refractivity contribution in [3.63, 3.8) is 0 Å². The molecule has 8 heterocycles. The molecular formula is C66H111N17O28. The number of rotatable bonds is 50. The molecule has 21 atom stereocenters. The number of carbonyl (C=O) groups excluding carboxylic acids is 3. The number of ether oxygens (including phenoxy) is 11. The average Bonchev–Trinajstić information content (AvgIpc) is 1.36. The van der Waals surface area contributed by atoms with Gasteiger partial charge in [-0.2, -0.15) is 0 Å².